The van der Waals surface area contributed by atoms with Gasteiger partial charge in [0.1, 0.15) is 5.82 Å². The van der Waals surface area contributed by atoms with Gasteiger partial charge in [-0.1, -0.05) is 0 Å². The van der Waals surface area contributed by atoms with Gasteiger partial charge in [-0.05, 0) is 18.2 Å². The molecule has 0 fully saturated rings. The zero-order chi connectivity index (χ0) is 19.7. The molecule has 0 spiro atoms. The van der Waals surface area contributed by atoms with Gasteiger partial charge >= 0.3 is 5.69 Å². The Hall–Kier alpha value is -3.60. The third kappa shape index (κ3) is 3.22. The van der Waals surface area contributed by atoms with Crippen molar-refractivity contribution in [2.45, 2.75) is 6.42 Å². The normalized spacial score (nSPS) is 12.2. The maximum Gasteiger partial charge on any atom is 0.349 e. The summed E-state index contributed by atoms with van der Waals surface area (Å²) < 4.78 is 37.5. The van der Waals surface area contributed by atoms with Crippen LogP contribution in [0, 0.1) is 0 Å². The summed E-state index contributed by atoms with van der Waals surface area (Å²) in [7, 11) is 0. The summed E-state index contributed by atoms with van der Waals surface area (Å²) >= 11 is 0. The van der Waals surface area contributed by atoms with Crippen molar-refractivity contribution in [3.8, 4) is 28.6 Å². The zero-order valence-corrected chi connectivity index (χ0v) is 14.4. The summed E-state index contributed by atoms with van der Waals surface area (Å²) in [6.07, 6.45) is 0.640. The molecule has 3 heterocycles. The molecule has 0 aliphatic carbocycles. The van der Waals surface area contributed by atoms with Gasteiger partial charge in [-0.2, -0.15) is 13.9 Å². The van der Waals surface area contributed by atoms with Crippen LogP contribution in [0.5, 0.6) is 11.5 Å². The molecule has 0 bridgehead atoms. The third-order valence-electron chi connectivity index (χ3n) is 4.16. The molecule has 0 amide bonds. The lowest BCUT2D eigenvalue weighted by atomic mass is 10.1. The highest BCUT2D eigenvalue weighted by Gasteiger charge is 2.17. The van der Waals surface area contributed by atoms with Crippen LogP contribution in [0.2, 0.25) is 0 Å². The van der Waals surface area contributed by atoms with Gasteiger partial charge in [0.2, 0.25) is 6.79 Å². The van der Waals surface area contributed by atoms with Crippen LogP contribution in [-0.4, -0.2) is 38.1 Å². The molecule has 2 aromatic heterocycles. The molecular weight excluding hydrogens is 374 g/mol. The van der Waals surface area contributed by atoms with Gasteiger partial charge in [0.25, 0.3) is 6.08 Å². The highest BCUT2D eigenvalue weighted by atomic mass is 19.3. The van der Waals surface area contributed by atoms with Gasteiger partial charge in [0.05, 0.1) is 18.1 Å². The standard InChI is InChI=1S/C17H14F2N6O3/c18-16(19)10(5-20)4-14-23-24-17(26)25(14)15-7-21-11(6-22-15)9-1-2-12-13(3-9)28-8-27-12/h1-3,6-7H,4-5,8,20H2,(H,24,26). The molecule has 0 atom stereocenters. The molecular formula is C17H14F2N6O3. The number of nitrogens with zero attached hydrogens (tertiary/aromatic N) is 4. The van der Waals surface area contributed by atoms with Crippen molar-refractivity contribution in [3.05, 3.63) is 58.6 Å². The summed E-state index contributed by atoms with van der Waals surface area (Å²) in [6, 6.07) is 5.33. The first-order chi connectivity index (χ1) is 13.6. The number of aromatic nitrogens is 5. The van der Waals surface area contributed by atoms with Crippen molar-refractivity contribution < 1.29 is 18.3 Å². The number of rotatable bonds is 5. The Morgan fingerprint density at radius 3 is 2.75 bits per heavy atom. The minimum Gasteiger partial charge on any atom is -0.454 e. The van der Waals surface area contributed by atoms with Crippen LogP contribution in [0.3, 0.4) is 0 Å². The molecule has 0 saturated heterocycles. The molecule has 1 aromatic carbocycles. The number of nitrogens with one attached hydrogen (secondary N) is 1. The number of ether oxygens (including phenoxy) is 2. The Bertz CT molecular complexity index is 1100. The van der Waals surface area contributed by atoms with E-state index in [-0.39, 0.29) is 37.0 Å². The smallest absolute Gasteiger partial charge is 0.349 e. The molecule has 28 heavy (non-hydrogen) atoms. The quantitative estimate of drug-likeness (QED) is 0.678. The van der Waals surface area contributed by atoms with E-state index in [0.717, 1.165) is 10.1 Å². The van der Waals surface area contributed by atoms with E-state index in [0.29, 0.717) is 17.2 Å². The number of hydrogen-bond donors (Lipinski definition) is 2. The lowest BCUT2D eigenvalue weighted by molar-refractivity contribution is 0.174. The first kappa shape index (κ1) is 17.8. The second-order valence-electron chi connectivity index (χ2n) is 5.85. The van der Waals surface area contributed by atoms with Crippen LogP contribution >= 0.6 is 0 Å². The molecule has 3 aromatic rings. The second kappa shape index (κ2) is 7.19. The van der Waals surface area contributed by atoms with Crippen LogP contribution in [-0.2, 0) is 6.42 Å². The van der Waals surface area contributed by atoms with Gasteiger partial charge in [-0.3, -0.25) is 4.98 Å². The van der Waals surface area contributed by atoms with E-state index < -0.39 is 11.8 Å². The van der Waals surface area contributed by atoms with Crippen LogP contribution < -0.4 is 20.9 Å². The maximum absolute atomic E-state index is 12.9. The fourth-order valence-electron chi connectivity index (χ4n) is 2.73. The Balaban J connectivity index is 1.66. The van der Waals surface area contributed by atoms with E-state index in [1.807, 2.05) is 0 Å². The number of aromatic amines is 1. The van der Waals surface area contributed by atoms with Crippen molar-refractivity contribution in [1.82, 2.24) is 24.7 Å². The predicted molar refractivity (Wildman–Crippen MR) is 93.3 cm³/mol. The molecule has 1 aliphatic heterocycles. The van der Waals surface area contributed by atoms with Crippen molar-refractivity contribution in [2.75, 3.05) is 13.3 Å². The zero-order valence-electron chi connectivity index (χ0n) is 14.4. The van der Waals surface area contributed by atoms with E-state index in [9.17, 15) is 13.6 Å². The van der Waals surface area contributed by atoms with Crippen molar-refractivity contribution in [2.24, 2.45) is 5.73 Å². The lowest BCUT2D eigenvalue weighted by Gasteiger charge is -2.07. The number of benzene rings is 1. The second-order valence-corrected chi connectivity index (χ2v) is 5.85. The summed E-state index contributed by atoms with van der Waals surface area (Å²) in [6.45, 7) is -0.188. The van der Waals surface area contributed by atoms with Gasteiger partial charge < -0.3 is 15.2 Å². The number of halogens is 2. The number of nitrogens with two attached hydrogens (primary N) is 1. The highest BCUT2D eigenvalue weighted by molar-refractivity contribution is 5.63. The van der Waals surface area contributed by atoms with E-state index in [1.165, 1.54) is 12.4 Å². The Labute approximate surface area is 156 Å². The van der Waals surface area contributed by atoms with E-state index >= 15 is 0 Å². The molecule has 0 unspecified atom stereocenters. The lowest BCUT2D eigenvalue weighted by Crippen LogP contribution is -2.19. The van der Waals surface area contributed by atoms with Gasteiger partial charge in [0, 0.05) is 24.1 Å². The summed E-state index contributed by atoms with van der Waals surface area (Å²) in [5.74, 6) is 1.45. The molecule has 11 heteroatoms. The van der Waals surface area contributed by atoms with Crippen molar-refractivity contribution in [3.63, 3.8) is 0 Å². The third-order valence-corrected chi connectivity index (χ3v) is 4.16. The summed E-state index contributed by atoms with van der Waals surface area (Å²) in [5, 5.41) is 6.02. The average molecular weight is 388 g/mol. The Morgan fingerprint density at radius 2 is 2.04 bits per heavy atom. The van der Waals surface area contributed by atoms with Crippen LogP contribution in [0.25, 0.3) is 17.1 Å². The fraction of sp³-hybridized carbons (Fsp3) is 0.176. The number of fused-ring (bicyclic) bond motifs is 1. The maximum atomic E-state index is 12.9. The molecule has 9 nitrogen and oxygen atoms in total. The first-order valence-corrected chi connectivity index (χ1v) is 8.18. The molecule has 144 valence electrons. The van der Waals surface area contributed by atoms with E-state index in [4.69, 9.17) is 15.2 Å². The summed E-state index contributed by atoms with van der Waals surface area (Å²) in [4.78, 5) is 20.6. The largest absolute Gasteiger partial charge is 0.454 e. The molecule has 3 N–H and O–H groups in total. The predicted octanol–water partition coefficient (Wildman–Crippen LogP) is 1.40. The minimum absolute atomic E-state index is 0.0587. The number of H-pyrrole nitrogens is 1. The van der Waals surface area contributed by atoms with Crippen LogP contribution in [0.15, 0.2) is 47.0 Å². The van der Waals surface area contributed by atoms with Crippen LogP contribution in [0.1, 0.15) is 5.82 Å². The topological polar surface area (TPSA) is 121 Å². The van der Waals surface area contributed by atoms with Gasteiger partial charge in [-0.15, -0.1) is 0 Å². The SMILES string of the molecule is NCC(Cc1n[nH]c(=O)n1-c1cnc(-c2ccc3c(c2)OCO3)cn1)=C(F)F. The molecule has 0 radical (unpaired) electrons. The molecule has 4 rings (SSSR count). The van der Waals surface area contributed by atoms with Gasteiger partial charge in [-0.25, -0.2) is 19.4 Å². The minimum atomic E-state index is -1.89. The molecule has 1 aliphatic rings. The monoisotopic (exact) mass is 388 g/mol. The fourth-order valence-corrected chi connectivity index (χ4v) is 2.73. The molecule has 0 saturated carbocycles. The first-order valence-electron chi connectivity index (χ1n) is 8.18. The average Bonchev–Trinajstić information content (AvgIpc) is 3.31. The Kier molecular flexibility index (Phi) is 4.57. The van der Waals surface area contributed by atoms with Crippen molar-refractivity contribution in [1.29, 1.82) is 0 Å². The van der Waals surface area contributed by atoms with Crippen molar-refractivity contribution >= 4 is 0 Å². The Morgan fingerprint density at radius 1 is 1.21 bits per heavy atom. The number of hydrogen-bond acceptors (Lipinski definition) is 7. The van der Waals surface area contributed by atoms with E-state index in [1.54, 1.807) is 18.2 Å². The van der Waals surface area contributed by atoms with E-state index in [2.05, 4.69) is 20.2 Å². The van der Waals surface area contributed by atoms with Crippen LogP contribution in [0.4, 0.5) is 8.78 Å². The highest BCUT2D eigenvalue weighted by Crippen LogP contribution is 2.35. The van der Waals surface area contributed by atoms with Gasteiger partial charge in [0.15, 0.2) is 17.3 Å². The summed E-state index contributed by atoms with van der Waals surface area (Å²) in [5.41, 5.74) is 5.69.